The summed E-state index contributed by atoms with van der Waals surface area (Å²) in [5.41, 5.74) is 1.06. The minimum atomic E-state index is -0.905. The second-order valence-electron chi connectivity index (χ2n) is 6.57. The smallest absolute Gasteiger partial charge is 0.252 e. The molecule has 0 aliphatic heterocycles. The minimum absolute atomic E-state index is 0.232. The van der Waals surface area contributed by atoms with Crippen LogP contribution in [0.25, 0.3) is 0 Å². The summed E-state index contributed by atoms with van der Waals surface area (Å²) in [5.74, 6) is 0.255. The Hall–Kier alpha value is -2.31. The Morgan fingerprint density at radius 2 is 2.00 bits per heavy atom. The SMILES string of the molecule is Cc1cc(NC(=O)C(C)(C)n2cc(Cl)cn2)nn1Cc1cccc(Cl)c1. The van der Waals surface area contributed by atoms with Crippen LogP contribution in [0.2, 0.25) is 10.0 Å². The third kappa shape index (κ3) is 3.92. The normalized spacial score (nSPS) is 11.6. The number of nitrogens with zero attached hydrogens (tertiary/aromatic N) is 4. The van der Waals surface area contributed by atoms with E-state index in [4.69, 9.17) is 23.2 Å². The zero-order chi connectivity index (χ0) is 18.9. The van der Waals surface area contributed by atoms with Crippen molar-refractivity contribution in [1.29, 1.82) is 0 Å². The van der Waals surface area contributed by atoms with E-state index in [9.17, 15) is 4.79 Å². The number of anilines is 1. The highest BCUT2D eigenvalue weighted by Gasteiger charge is 2.31. The molecule has 0 fully saturated rings. The van der Waals surface area contributed by atoms with Gasteiger partial charge in [-0.3, -0.25) is 14.2 Å². The summed E-state index contributed by atoms with van der Waals surface area (Å²) in [7, 11) is 0. The first-order valence-electron chi connectivity index (χ1n) is 8.07. The summed E-state index contributed by atoms with van der Waals surface area (Å²) in [5, 5.41) is 12.6. The third-order valence-corrected chi connectivity index (χ3v) is 4.55. The van der Waals surface area contributed by atoms with Gasteiger partial charge in [0.1, 0.15) is 5.54 Å². The number of hydrogen-bond donors (Lipinski definition) is 1. The van der Waals surface area contributed by atoms with Crippen molar-refractivity contribution < 1.29 is 4.79 Å². The molecule has 0 bridgehead atoms. The number of rotatable bonds is 5. The highest BCUT2D eigenvalue weighted by atomic mass is 35.5. The molecular formula is C18H19Cl2N5O. The molecule has 0 unspecified atom stereocenters. The van der Waals surface area contributed by atoms with Gasteiger partial charge in [0.2, 0.25) is 0 Å². The maximum absolute atomic E-state index is 12.7. The minimum Gasteiger partial charge on any atom is -0.307 e. The quantitative estimate of drug-likeness (QED) is 0.711. The maximum atomic E-state index is 12.7. The molecule has 0 saturated carbocycles. The topological polar surface area (TPSA) is 64.7 Å². The molecule has 1 N–H and O–H groups in total. The first-order valence-corrected chi connectivity index (χ1v) is 8.82. The number of benzene rings is 1. The predicted octanol–water partition coefficient (Wildman–Crippen LogP) is 4.12. The number of aryl methyl sites for hydroxylation is 1. The fourth-order valence-corrected chi connectivity index (χ4v) is 2.87. The summed E-state index contributed by atoms with van der Waals surface area (Å²) in [6.07, 6.45) is 3.12. The average molecular weight is 392 g/mol. The van der Waals surface area contributed by atoms with Gasteiger partial charge in [0, 0.05) is 23.0 Å². The Morgan fingerprint density at radius 1 is 1.23 bits per heavy atom. The van der Waals surface area contributed by atoms with E-state index in [1.807, 2.05) is 41.9 Å². The Balaban J connectivity index is 1.75. The fourth-order valence-electron chi connectivity index (χ4n) is 2.52. The molecule has 8 heteroatoms. The van der Waals surface area contributed by atoms with Crippen LogP contribution in [-0.4, -0.2) is 25.5 Å². The van der Waals surface area contributed by atoms with E-state index < -0.39 is 5.54 Å². The third-order valence-electron chi connectivity index (χ3n) is 4.12. The Morgan fingerprint density at radius 3 is 2.65 bits per heavy atom. The summed E-state index contributed by atoms with van der Waals surface area (Å²) in [6, 6.07) is 9.43. The van der Waals surface area contributed by atoms with Gasteiger partial charge in [0.05, 0.1) is 17.8 Å². The van der Waals surface area contributed by atoms with Crippen LogP contribution in [-0.2, 0) is 16.9 Å². The zero-order valence-electron chi connectivity index (χ0n) is 14.7. The first-order chi connectivity index (χ1) is 12.3. The molecule has 0 saturated heterocycles. The molecular weight excluding hydrogens is 373 g/mol. The Labute approximate surface area is 161 Å². The van der Waals surface area contributed by atoms with Crippen LogP contribution in [0.3, 0.4) is 0 Å². The summed E-state index contributed by atoms with van der Waals surface area (Å²) in [6.45, 7) is 6.04. The molecule has 136 valence electrons. The van der Waals surface area contributed by atoms with Crippen LogP contribution in [0.4, 0.5) is 5.82 Å². The van der Waals surface area contributed by atoms with Gasteiger partial charge in [0.25, 0.3) is 5.91 Å². The molecule has 2 heterocycles. The molecule has 26 heavy (non-hydrogen) atoms. The van der Waals surface area contributed by atoms with Crippen molar-refractivity contribution in [3.8, 4) is 0 Å². The number of carbonyl (C=O) groups excluding carboxylic acids is 1. The molecule has 6 nitrogen and oxygen atoms in total. The highest BCUT2D eigenvalue weighted by Crippen LogP contribution is 2.20. The molecule has 0 aliphatic rings. The van der Waals surface area contributed by atoms with Crippen molar-refractivity contribution in [3.63, 3.8) is 0 Å². The van der Waals surface area contributed by atoms with Crippen molar-refractivity contribution >= 4 is 34.9 Å². The van der Waals surface area contributed by atoms with Gasteiger partial charge in [-0.1, -0.05) is 35.3 Å². The molecule has 1 amide bonds. The maximum Gasteiger partial charge on any atom is 0.252 e. The Kier molecular flexibility index (Phi) is 5.07. The summed E-state index contributed by atoms with van der Waals surface area (Å²) >= 11 is 11.9. The standard InChI is InChI=1S/C18H19Cl2N5O/c1-12-7-16(23-24(12)10-13-5-4-6-14(19)8-13)22-17(26)18(2,3)25-11-15(20)9-21-25/h4-9,11H,10H2,1-3H3,(H,22,23,26). The van der Waals surface area contributed by atoms with Crippen LogP contribution < -0.4 is 5.32 Å². The fraction of sp³-hybridized carbons (Fsp3) is 0.278. The van der Waals surface area contributed by atoms with Gasteiger partial charge in [-0.2, -0.15) is 10.2 Å². The van der Waals surface area contributed by atoms with Crippen molar-refractivity contribution in [2.45, 2.75) is 32.9 Å². The van der Waals surface area contributed by atoms with E-state index >= 15 is 0 Å². The van der Waals surface area contributed by atoms with Crippen molar-refractivity contribution in [2.24, 2.45) is 0 Å². The van der Waals surface area contributed by atoms with Crippen molar-refractivity contribution in [2.75, 3.05) is 5.32 Å². The van der Waals surface area contributed by atoms with Gasteiger partial charge in [-0.05, 0) is 38.5 Å². The van der Waals surface area contributed by atoms with Crippen molar-refractivity contribution in [1.82, 2.24) is 19.6 Å². The lowest BCUT2D eigenvalue weighted by molar-refractivity contribution is -0.123. The number of nitrogens with one attached hydrogen (secondary N) is 1. The second-order valence-corrected chi connectivity index (χ2v) is 7.45. The molecule has 1 aromatic carbocycles. The van der Waals surface area contributed by atoms with Crippen LogP contribution in [0.5, 0.6) is 0 Å². The largest absolute Gasteiger partial charge is 0.307 e. The monoisotopic (exact) mass is 391 g/mol. The molecule has 0 spiro atoms. The lowest BCUT2D eigenvalue weighted by Gasteiger charge is -2.23. The van der Waals surface area contributed by atoms with Gasteiger partial charge in [-0.15, -0.1) is 0 Å². The molecule has 3 rings (SSSR count). The van der Waals surface area contributed by atoms with Gasteiger partial charge < -0.3 is 5.32 Å². The number of carbonyl (C=O) groups is 1. The van der Waals surface area contributed by atoms with Gasteiger partial charge in [0.15, 0.2) is 5.82 Å². The zero-order valence-corrected chi connectivity index (χ0v) is 16.2. The number of amides is 1. The van der Waals surface area contributed by atoms with Crippen LogP contribution in [0.1, 0.15) is 25.1 Å². The Bertz CT molecular complexity index is 945. The lowest BCUT2D eigenvalue weighted by Crippen LogP contribution is -2.40. The van der Waals surface area contributed by atoms with E-state index in [1.54, 1.807) is 20.0 Å². The van der Waals surface area contributed by atoms with Crippen LogP contribution >= 0.6 is 23.2 Å². The van der Waals surface area contributed by atoms with E-state index in [0.717, 1.165) is 11.3 Å². The van der Waals surface area contributed by atoms with Gasteiger partial charge in [-0.25, -0.2) is 0 Å². The summed E-state index contributed by atoms with van der Waals surface area (Å²) < 4.78 is 3.35. The van der Waals surface area contributed by atoms with Crippen LogP contribution in [0.15, 0.2) is 42.7 Å². The molecule has 0 atom stereocenters. The van der Waals surface area contributed by atoms with E-state index in [2.05, 4.69) is 15.5 Å². The molecule has 0 aliphatic carbocycles. The number of aromatic nitrogens is 4. The molecule has 3 aromatic rings. The second kappa shape index (κ2) is 7.13. The van der Waals surface area contributed by atoms with Crippen molar-refractivity contribution in [3.05, 3.63) is 64.0 Å². The van der Waals surface area contributed by atoms with Crippen LogP contribution in [0, 0.1) is 6.92 Å². The highest BCUT2D eigenvalue weighted by molar-refractivity contribution is 6.30. The average Bonchev–Trinajstić information content (AvgIpc) is 3.14. The van der Waals surface area contributed by atoms with E-state index in [1.165, 1.54) is 10.9 Å². The lowest BCUT2D eigenvalue weighted by atomic mass is 10.1. The van der Waals surface area contributed by atoms with E-state index in [-0.39, 0.29) is 5.91 Å². The van der Waals surface area contributed by atoms with Gasteiger partial charge >= 0.3 is 0 Å². The molecule has 2 aromatic heterocycles. The molecule has 0 radical (unpaired) electrons. The number of halogens is 2. The summed E-state index contributed by atoms with van der Waals surface area (Å²) in [4.78, 5) is 12.7. The predicted molar refractivity (Wildman–Crippen MR) is 103 cm³/mol. The van der Waals surface area contributed by atoms with E-state index in [0.29, 0.717) is 22.4 Å². The first kappa shape index (κ1) is 18.5. The number of hydrogen-bond acceptors (Lipinski definition) is 3.